The Balaban J connectivity index is 1.89. The highest BCUT2D eigenvalue weighted by molar-refractivity contribution is 5.79. The molecule has 5 heteroatoms. The van der Waals surface area contributed by atoms with Crippen molar-refractivity contribution in [2.75, 3.05) is 33.3 Å². The normalized spacial score (nSPS) is 34.7. The third-order valence-electron chi connectivity index (χ3n) is 5.05. The number of ether oxygens (including phenoxy) is 1. The second-order valence-electron chi connectivity index (χ2n) is 6.13. The van der Waals surface area contributed by atoms with Crippen LogP contribution in [0.5, 0.6) is 0 Å². The lowest BCUT2D eigenvalue weighted by Crippen LogP contribution is -2.55. The number of rotatable bonds is 7. The Morgan fingerprint density at radius 1 is 1.50 bits per heavy atom. The Hall–Kier alpha value is -0.650. The molecule has 1 saturated carbocycles. The molecule has 0 aromatic heterocycles. The summed E-state index contributed by atoms with van der Waals surface area (Å²) in [7, 11) is 1.77. The Bertz CT molecular complexity index is 337. The van der Waals surface area contributed by atoms with Crippen LogP contribution in [0.25, 0.3) is 0 Å². The maximum Gasteiger partial charge on any atom is 0.324 e. The predicted molar refractivity (Wildman–Crippen MR) is 77.9 cm³/mol. The van der Waals surface area contributed by atoms with Crippen LogP contribution in [-0.4, -0.2) is 60.9 Å². The first-order valence-corrected chi connectivity index (χ1v) is 7.86. The fraction of sp³-hybridized carbons (Fsp3) is 0.933. The summed E-state index contributed by atoms with van der Waals surface area (Å²) in [5, 5.41) is 12.9. The molecule has 0 aromatic rings. The highest BCUT2D eigenvalue weighted by Crippen LogP contribution is 2.38. The Morgan fingerprint density at radius 3 is 2.90 bits per heavy atom. The van der Waals surface area contributed by atoms with Crippen molar-refractivity contribution in [3.8, 4) is 0 Å². The third kappa shape index (κ3) is 3.15. The third-order valence-corrected chi connectivity index (χ3v) is 5.05. The fourth-order valence-corrected chi connectivity index (χ4v) is 3.90. The second-order valence-corrected chi connectivity index (χ2v) is 6.13. The number of likely N-dealkylation sites (N-methyl/N-ethyl adjacent to an activating group) is 1. The smallest absolute Gasteiger partial charge is 0.324 e. The van der Waals surface area contributed by atoms with Crippen LogP contribution >= 0.6 is 0 Å². The van der Waals surface area contributed by atoms with Gasteiger partial charge in [-0.15, -0.1) is 0 Å². The van der Waals surface area contributed by atoms with Crippen LogP contribution in [-0.2, 0) is 9.53 Å². The van der Waals surface area contributed by atoms with Gasteiger partial charge in [0.05, 0.1) is 6.10 Å². The highest BCUT2D eigenvalue weighted by Gasteiger charge is 2.48. The summed E-state index contributed by atoms with van der Waals surface area (Å²) in [6.45, 7) is 5.77. The van der Waals surface area contributed by atoms with Gasteiger partial charge >= 0.3 is 5.97 Å². The largest absolute Gasteiger partial charge is 0.480 e. The van der Waals surface area contributed by atoms with Gasteiger partial charge in [0.1, 0.15) is 5.54 Å². The molecule has 20 heavy (non-hydrogen) atoms. The monoisotopic (exact) mass is 284 g/mol. The molecule has 0 spiro atoms. The van der Waals surface area contributed by atoms with Crippen molar-refractivity contribution in [3.05, 3.63) is 0 Å². The number of methoxy groups -OCH3 is 1. The van der Waals surface area contributed by atoms with Crippen LogP contribution in [0.4, 0.5) is 0 Å². The number of carbonyl (C=O) groups is 1. The van der Waals surface area contributed by atoms with E-state index in [-0.39, 0.29) is 5.92 Å². The van der Waals surface area contributed by atoms with Crippen molar-refractivity contribution in [1.29, 1.82) is 0 Å². The summed E-state index contributed by atoms with van der Waals surface area (Å²) >= 11 is 0. The molecular weight excluding hydrogens is 256 g/mol. The van der Waals surface area contributed by atoms with Crippen LogP contribution in [0.1, 0.15) is 39.0 Å². The summed E-state index contributed by atoms with van der Waals surface area (Å²) in [5.74, 6) is -0.417. The molecule has 3 atom stereocenters. The number of hydrogen-bond acceptors (Lipinski definition) is 4. The van der Waals surface area contributed by atoms with Gasteiger partial charge in [-0.3, -0.25) is 4.79 Å². The van der Waals surface area contributed by atoms with Gasteiger partial charge in [0, 0.05) is 20.2 Å². The number of aliphatic carboxylic acids is 1. The number of nitrogens with zero attached hydrogens (tertiary/aromatic N) is 1. The maximum absolute atomic E-state index is 11.7. The minimum atomic E-state index is -0.685. The number of carboxylic acids is 1. The summed E-state index contributed by atoms with van der Waals surface area (Å²) in [4.78, 5) is 14.1. The predicted octanol–water partition coefficient (Wildman–Crippen LogP) is 1.33. The molecule has 5 nitrogen and oxygen atoms in total. The molecule has 2 fully saturated rings. The van der Waals surface area contributed by atoms with E-state index in [4.69, 9.17) is 4.74 Å². The summed E-state index contributed by atoms with van der Waals surface area (Å²) < 4.78 is 5.38. The number of carboxylic acid groups (broad SMARTS) is 1. The summed E-state index contributed by atoms with van der Waals surface area (Å²) in [6, 6.07) is 0. The van der Waals surface area contributed by atoms with E-state index in [1.54, 1.807) is 7.11 Å². The van der Waals surface area contributed by atoms with E-state index in [0.717, 1.165) is 58.3 Å². The Labute approximate surface area is 121 Å². The number of likely N-dealkylation sites (tertiary alicyclic amines) is 1. The highest BCUT2D eigenvalue weighted by atomic mass is 16.5. The zero-order valence-corrected chi connectivity index (χ0v) is 12.7. The van der Waals surface area contributed by atoms with Gasteiger partial charge in [0.25, 0.3) is 0 Å². The van der Waals surface area contributed by atoms with Crippen molar-refractivity contribution in [3.63, 3.8) is 0 Å². The lowest BCUT2D eigenvalue weighted by atomic mass is 9.84. The average Bonchev–Trinajstić information content (AvgIpc) is 3.04. The van der Waals surface area contributed by atoms with Crippen LogP contribution in [0.2, 0.25) is 0 Å². The van der Waals surface area contributed by atoms with Gasteiger partial charge in [-0.1, -0.05) is 13.3 Å². The quantitative estimate of drug-likeness (QED) is 0.738. The van der Waals surface area contributed by atoms with Gasteiger partial charge in [0.2, 0.25) is 0 Å². The van der Waals surface area contributed by atoms with E-state index < -0.39 is 11.5 Å². The standard InChI is InChI=1S/C15H28N2O3/c1-3-16-15(14(18)19)8-4-5-12(15)6-9-17-10-7-13(11-17)20-2/h12-13,16H,3-11H2,1-2H3,(H,18,19). The first-order valence-electron chi connectivity index (χ1n) is 7.86. The first kappa shape index (κ1) is 15.7. The van der Waals surface area contributed by atoms with E-state index in [2.05, 4.69) is 10.2 Å². The SMILES string of the molecule is CCNC1(C(=O)O)CCCC1CCN1CCC(OC)C1. The number of nitrogens with one attached hydrogen (secondary N) is 1. The molecule has 2 rings (SSSR count). The number of hydrogen-bond donors (Lipinski definition) is 2. The average molecular weight is 284 g/mol. The van der Waals surface area contributed by atoms with Crippen molar-refractivity contribution >= 4 is 5.97 Å². The minimum Gasteiger partial charge on any atom is -0.480 e. The van der Waals surface area contributed by atoms with Gasteiger partial charge in [-0.05, 0) is 44.7 Å². The van der Waals surface area contributed by atoms with Crippen molar-refractivity contribution < 1.29 is 14.6 Å². The Kier molecular flexibility index (Phi) is 5.41. The lowest BCUT2D eigenvalue weighted by Gasteiger charge is -2.33. The molecule has 0 amide bonds. The van der Waals surface area contributed by atoms with Crippen LogP contribution in [0, 0.1) is 5.92 Å². The van der Waals surface area contributed by atoms with Crippen LogP contribution in [0.3, 0.4) is 0 Å². The van der Waals surface area contributed by atoms with Gasteiger partial charge in [-0.2, -0.15) is 0 Å². The van der Waals surface area contributed by atoms with Crippen molar-refractivity contribution in [1.82, 2.24) is 10.2 Å². The van der Waals surface area contributed by atoms with Crippen LogP contribution < -0.4 is 5.32 Å². The molecule has 1 saturated heterocycles. The van der Waals surface area contributed by atoms with E-state index >= 15 is 0 Å². The van der Waals surface area contributed by atoms with E-state index in [1.807, 2.05) is 6.92 Å². The van der Waals surface area contributed by atoms with Gasteiger partial charge in [-0.25, -0.2) is 0 Å². The molecular formula is C15H28N2O3. The lowest BCUT2D eigenvalue weighted by molar-refractivity contribution is -0.146. The second kappa shape index (κ2) is 6.87. The molecule has 1 heterocycles. The van der Waals surface area contributed by atoms with E-state index in [0.29, 0.717) is 6.10 Å². The molecule has 3 unspecified atom stereocenters. The van der Waals surface area contributed by atoms with E-state index in [9.17, 15) is 9.90 Å². The van der Waals surface area contributed by atoms with Crippen molar-refractivity contribution in [2.45, 2.75) is 50.7 Å². The van der Waals surface area contributed by atoms with Gasteiger partial charge < -0.3 is 20.1 Å². The summed E-state index contributed by atoms with van der Waals surface area (Å²) in [5.41, 5.74) is -0.685. The summed E-state index contributed by atoms with van der Waals surface area (Å²) in [6.07, 6.45) is 5.23. The topological polar surface area (TPSA) is 61.8 Å². The zero-order chi connectivity index (χ0) is 14.6. The molecule has 0 bridgehead atoms. The first-order chi connectivity index (χ1) is 9.62. The molecule has 1 aliphatic carbocycles. The fourth-order valence-electron chi connectivity index (χ4n) is 3.90. The van der Waals surface area contributed by atoms with E-state index in [1.165, 1.54) is 0 Å². The molecule has 0 radical (unpaired) electrons. The van der Waals surface area contributed by atoms with Crippen LogP contribution in [0.15, 0.2) is 0 Å². The minimum absolute atomic E-state index is 0.251. The van der Waals surface area contributed by atoms with Gasteiger partial charge in [0.15, 0.2) is 0 Å². The molecule has 116 valence electrons. The zero-order valence-electron chi connectivity index (χ0n) is 12.7. The molecule has 2 N–H and O–H groups in total. The Morgan fingerprint density at radius 2 is 2.30 bits per heavy atom. The maximum atomic E-state index is 11.7. The molecule has 0 aromatic carbocycles. The molecule has 1 aliphatic heterocycles. The van der Waals surface area contributed by atoms with Crippen molar-refractivity contribution in [2.24, 2.45) is 5.92 Å². The molecule has 2 aliphatic rings.